The molecule has 0 bridgehead atoms. The number of hydrogen-bond acceptors (Lipinski definition) is 9. The summed E-state index contributed by atoms with van der Waals surface area (Å²) < 4.78 is 15.5. The van der Waals surface area contributed by atoms with E-state index in [2.05, 4.69) is 6.92 Å². The molecule has 248 valence electrons. The van der Waals surface area contributed by atoms with Gasteiger partial charge in [-0.2, -0.15) is 11.8 Å². The standard InChI is InChI=1S/C35H54O8S/c1-3-4-5-6-7-8-9-14-34(39)42-19-20-43-35(40)15-11-21-44-22-18-31-30(32(37)25-33(31)38)17-16-29(36)24-27-12-10-13-28(23-27)26-41-2/h10,12-13,16-17,23,29-32,36-37H,3-9,11,14-15,18-22,24-26H2,1-2H3/t29-,30-,31-,32-/m1/s1. The zero-order valence-corrected chi connectivity index (χ0v) is 27.6. The van der Waals surface area contributed by atoms with Crippen LogP contribution in [-0.2, 0) is 41.6 Å². The highest BCUT2D eigenvalue weighted by Gasteiger charge is 2.39. The van der Waals surface area contributed by atoms with Crippen molar-refractivity contribution >= 4 is 29.5 Å². The fourth-order valence-corrected chi connectivity index (χ4v) is 6.46. The summed E-state index contributed by atoms with van der Waals surface area (Å²) >= 11 is 1.67. The van der Waals surface area contributed by atoms with E-state index in [4.69, 9.17) is 14.2 Å². The number of unbranched alkanes of at least 4 members (excludes halogenated alkanes) is 6. The molecular weight excluding hydrogens is 580 g/mol. The van der Waals surface area contributed by atoms with Gasteiger partial charge in [0.1, 0.15) is 19.0 Å². The van der Waals surface area contributed by atoms with Gasteiger partial charge in [0, 0.05) is 44.6 Å². The summed E-state index contributed by atoms with van der Waals surface area (Å²) in [6.45, 7) is 2.87. The van der Waals surface area contributed by atoms with Crippen molar-refractivity contribution in [2.24, 2.45) is 11.8 Å². The van der Waals surface area contributed by atoms with Gasteiger partial charge in [-0.15, -0.1) is 0 Å². The number of carbonyl (C=O) groups is 3. The number of ketones is 1. The van der Waals surface area contributed by atoms with Gasteiger partial charge < -0.3 is 24.4 Å². The number of benzene rings is 1. The van der Waals surface area contributed by atoms with Crippen molar-refractivity contribution in [3.63, 3.8) is 0 Å². The van der Waals surface area contributed by atoms with Crippen LogP contribution in [0.3, 0.4) is 0 Å². The minimum atomic E-state index is -0.736. The van der Waals surface area contributed by atoms with Crippen LogP contribution >= 0.6 is 11.8 Å². The minimum Gasteiger partial charge on any atom is -0.462 e. The lowest BCUT2D eigenvalue weighted by Crippen LogP contribution is -2.20. The van der Waals surface area contributed by atoms with E-state index in [9.17, 15) is 24.6 Å². The molecular formula is C35H54O8S. The second-order valence-electron chi connectivity index (χ2n) is 11.6. The average molecular weight is 635 g/mol. The molecule has 1 aliphatic carbocycles. The van der Waals surface area contributed by atoms with Crippen molar-refractivity contribution in [1.29, 1.82) is 0 Å². The van der Waals surface area contributed by atoms with Gasteiger partial charge in [0.2, 0.25) is 0 Å². The second kappa shape index (κ2) is 23.2. The molecule has 44 heavy (non-hydrogen) atoms. The van der Waals surface area contributed by atoms with E-state index in [-0.39, 0.29) is 55.6 Å². The molecule has 0 saturated heterocycles. The fourth-order valence-electron chi connectivity index (χ4n) is 5.48. The van der Waals surface area contributed by atoms with Crippen LogP contribution in [0.4, 0.5) is 0 Å². The molecule has 1 aliphatic rings. The van der Waals surface area contributed by atoms with E-state index in [1.165, 1.54) is 25.7 Å². The van der Waals surface area contributed by atoms with Crippen LogP contribution in [0.15, 0.2) is 36.4 Å². The summed E-state index contributed by atoms with van der Waals surface area (Å²) in [6.07, 6.45) is 12.6. The Balaban J connectivity index is 1.56. The zero-order chi connectivity index (χ0) is 32.0. The highest BCUT2D eigenvalue weighted by Crippen LogP contribution is 2.34. The van der Waals surface area contributed by atoms with Crippen LogP contribution in [0.5, 0.6) is 0 Å². The van der Waals surface area contributed by atoms with Crippen molar-refractivity contribution in [2.45, 2.75) is 109 Å². The third kappa shape index (κ3) is 16.2. The van der Waals surface area contributed by atoms with E-state index in [1.54, 1.807) is 31.0 Å². The topological polar surface area (TPSA) is 119 Å². The number of thioether (sulfide) groups is 1. The smallest absolute Gasteiger partial charge is 0.305 e. The predicted octanol–water partition coefficient (Wildman–Crippen LogP) is 5.99. The maximum absolute atomic E-state index is 12.5. The Morgan fingerprint density at radius 1 is 0.977 bits per heavy atom. The lowest BCUT2D eigenvalue weighted by atomic mass is 9.91. The molecule has 0 spiro atoms. The van der Waals surface area contributed by atoms with Crippen LogP contribution in [-0.4, -0.2) is 72.0 Å². The third-order valence-corrected chi connectivity index (χ3v) is 8.97. The highest BCUT2D eigenvalue weighted by atomic mass is 32.2. The molecule has 0 heterocycles. The Bertz CT molecular complexity index is 997. The van der Waals surface area contributed by atoms with Crippen molar-refractivity contribution in [3.05, 3.63) is 47.5 Å². The molecule has 0 aliphatic heterocycles. The predicted molar refractivity (Wildman–Crippen MR) is 174 cm³/mol. The number of esters is 2. The van der Waals surface area contributed by atoms with E-state index >= 15 is 0 Å². The second-order valence-corrected chi connectivity index (χ2v) is 12.9. The van der Waals surface area contributed by atoms with Gasteiger partial charge in [-0.3, -0.25) is 14.4 Å². The normalized spacial score (nSPS) is 19.0. The maximum atomic E-state index is 12.5. The maximum Gasteiger partial charge on any atom is 0.305 e. The van der Waals surface area contributed by atoms with Crippen LogP contribution in [0.25, 0.3) is 0 Å². The molecule has 4 atom stereocenters. The minimum absolute atomic E-state index is 0.0567. The van der Waals surface area contributed by atoms with Crippen LogP contribution < -0.4 is 0 Å². The first kappa shape index (κ1) is 38.0. The van der Waals surface area contributed by atoms with E-state index < -0.39 is 12.2 Å². The van der Waals surface area contributed by atoms with Crippen LogP contribution in [0, 0.1) is 11.8 Å². The van der Waals surface area contributed by atoms with Crippen LogP contribution in [0.1, 0.15) is 95.1 Å². The molecule has 0 radical (unpaired) electrons. The van der Waals surface area contributed by atoms with Gasteiger partial charge in [0.25, 0.3) is 0 Å². The SMILES string of the molecule is CCCCCCCCCC(=O)OCCOC(=O)CCCSCC[C@H]1C(=O)C[C@@H](O)[C@@H]1C=C[C@@H](O)Cc1cccc(COC)c1. The molecule has 8 nitrogen and oxygen atoms in total. The third-order valence-electron chi connectivity index (χ3n) is 7.87. The van der Waals surface area contributed by atoms with Gasteiger partial charge in [-0.05, 0) is 41.9 Å². The number of rotatable bonds is 24. The quantitative estimate of drug-likeness (QED) is 0.0803. The Morgan fingerprint density at radius 2 is 1.64 bits per heavy atom. The zero-order valence-electron chi connectivity index (χ0n) is 26.8. The lowest BCUT2D eigenvalue weighted by molar-refractivity contribution is -0.152. The van der Waals surface area contributed by atoms with Crippen molar-refractivity contribution in [1.82, 2.24) is 0 Å². The fraction of sp³-hybridized carbons (Fsp3) is 0.686. The molecule has 1 aromatic carbocycles. The molecule has 1 aromatic rings. The van der Waals surface area contributed by atoms with Crippen molar-refractivity contribution in [2.75, 3.05) is 31.8 Å². The number of carbonyl (C=O) groups excluding carboxylic acids is 3. The van der Waals surface area contributed by atoms with Gasteiger partial charge in [-0.1, -0.05) is 81.9 Å². The Labute approximate surface area is 268 Å². The Kier molecular flexibility index (Phi) is 20.0. The molecule has 1 fully saturated rings. The van der Waals surface area contributed by atoms with Gasteiger partial charge >= 0.3 is 11.9 Å². The first-order valence-corrected chi connectivity index (χ1v) is 17.5. The van der Waals surface area contributed by atoms with E-state index in [0.29, 0.717) is 32.3 Å². The molecule has 0 unspecified atom stereocenters. The molecule has 2 rings (SSSR count). The monoisotopic (exact) mass is 634 g/mol. The molecule has 1 saturated carbocycles. The number of aliphatic hydroxyl groups excluding tert-OH is 2. The number of hydrogen-bond donors (Lipinski definition) is 2. The van der Waals surface area contributed by atoms with Gasteiger partial charge in [0.05, 0.1) is 18.8 Å². The summed E-state index contributed by atoms with van der Waals surface area (Å²) in [4.78, 5) is 36.3. The highest BCUT2D eigenvalue weighted by molar-refractivity contribution is 7.99. The Hall–Kier alpha value is -2.20. The molecule has 2 N–H and O–H groups in total. The van der Waals surface area contributed by atoms with Gasteiger partial charge in [0.15, 0.2) is 0 Å². The summed E-state index contributed by atoms with van der Waals surface area (Å²) in [5.74, 6) is 0.427. The van der Waals surface area contributed by atoms with Crippen LogP contribution in [0.2, 0.25) is 0 Å². The summed E-state index contributed by atoms with van der Waals surface area (Å²) in [6, 6.07) is 7.88. The number of ether oxygens (including phenoxy) is 3. The first-order valence-electron chi connectivity index (χ1n) is 16.4. The van der Waals surface area contributed by atoms with Crippen molar-refractivity contribution < 1.29 is 38.8 Å². The molecule has 0 aromatic heterocycles. The van der Waals surface area contributed by atoms with E-state index in [1.807, 2.05) is 24.3 Å². The first-order chi connectivity index (χ1) is 21.3. The lowest BCUT2D eigenvalue weighted by Gasteiger charge is -2.18. The molecule has 9 heteroatoms. The summed E-state index contributed by atoms with van der Waals surface area (Å²) in [5, 5.41) is 21.0. The van der Waals surface area contributed by atoms with Gasteiger partial charge in [-0.25, -0.2) is 0 Å². The van der Waals surface area contributed by atoms with E-state index in [0.717, 1.165) is 41.9 Å². The largest absolute Gasteiger partial charge is 0.462 e. The Morgan fingerprint density at radius 3 is 2.34 bits per heavy atom. The number of Topliss-reactive ketones (excluding diaryl/α,β-unsaturated/α-hetero) is 1. The number of aliphatic hydroxyl groups is 2. The van der Waals surface area contributed by atoms with Crippen molar-refractivity contribution in [3.8, 4) is 0 Å². The number of methoxy groups -OCH3 is 1. The average Bonchev–Trinajstić information content (AvgIpc) is 3.27. The summed E-state index contributed by atoms with van der Waals surface area (Å²) in [5.41, 5.74) is 2.04. The summed E-state index contributed by atoms with van der Waals surface area (Å²) in [7, 11) is 1.65. The molecule has 0 amide bonds.